The van der Waals surface area contributed by atoms with Gasteiger partial charge in [-0.05, 0) is 56.9 Å². The Morgan fingerprint density at radius 3 is 2.81 bits per heavy atom. The lowest BCUT2D eigenvalue weighted by molar-refractivity contribution is 0.0675. The number of urea groups is 1. The van der Waals surface area contributed by atoms with Crippen LogP contribution < -0.4 is 10.6 Å². The quantitative estimate of drug-likeness (QED) is 0.824. The summed E-state index contributed by atoms with van der Waals surface area (Å²) >= 11 is 1.64. The molecule has 2 aromatic rings. The zero-order valence-electron chi connectivity index (χ0n) is 15.5. The largest absolute Gasteiger partial charge is 0.338 e. The molecule has 0 saturated carbocycles. The predicted octanol–water partition coefficient (Wildman–Crippen LogP) is 4.18. The second kappa shape index (κ2) is 8.52. The third-order valence-electron chi connectivity index (χ3n) is 4.71. The van der Waals surface area contributed by atoms with Gasteiger partial charge in [-0.1, -0.05) is 6.07 Å². The fraction of sp³-hybridized carbons (Fsp3) is 0.400. The Labute approximate surface area is 162 Å². The first-order valence-electron chi connectivity index (χ1n) is 9.09. The van der Waals surface area contributed by atoms with E-state index >= 15 is 0 Å². The van der Waals surface area contributed by atoms with Crippen LogP contribution in [0.5, 0.6) is 0 Å². The molecule has 1 saturated heterocycles. The maximum absolute atomic E-state index is 13.2. The Balaban J connectivity index is 1.51. The highest BCUT2D eigenvalue weighted by Gasteiger charge is 2.26. The molecule has 1 aliphatic heterocycles. The topological polar surface area (TPSA) is 61.4 Å². The van der Waals surface area contributed by atoms with Gasteiger partial charge < -0.3 is 15.5 Å². The van der Waals surface area contributed by atoms with Gasteiger partial charge in [-0.25, -0.2) is 9.18 Å². The van der Waals surface area contributed by atoms with Crippen LogP contribution in [0.2, 0.25) is 0 Å². The van der Waals surface area contributed by atoms with Gasteiger partial charge in [0, 0.05) is 35.1 Å². The van der Waals surface area contributed by atoms with Crippen LogP contribution in [0, 0.1) is 25.6 Å². The number of rotatable bonds is 4. The Morgan fingerprint density at radius 1 is 1.30 bits per heavy atom. The Bertz CT molecular complexity index is 836. The van der Waals surface area contributed by atoms with Crippen molar-refractivity contribution in [3.63, 3.8) is 0 Å². The summed E-state index contributed by atoms with van der Waals surface area (Å²) in [6.45, 7) is 5.85. The van der Waals surface area contributed by atoms with E-state index in [1.807, 2.05) is 24.8 Å². The second-order valence-electron chi connectivity index (χ2n) is 6.93. The van der Waals surface area contributed by atoms with Crippen LogP contribution in [0.15, 0.2) is 30.3 Å². The average molecular weight is 389 g/mol. The van der Waals surface area contributed by atoms with E-state index < -0.39 is 5.82 Å². The minimum Gasteiger partial charge on any atom is -0.338 e. The molecule has 3 rings (SSSR count). The van der Waals surface area contributed by atoms with Crippen LogP contribution in [-0.2, 0) is 0 Å². The van der Waals surface area contributed by atoms with Crippen molar-refractivity contribution in [3.8, 4) is 0 Å². The summed E-state index contributed by atoms with van der Waals surface area (Å²) in [6.07, 6.45) is 1.89. The van der Waals surface area contributed by atoms with Gasteiger partial charge in [0.25, 0.3) is 5.91 Å². The van der Waals surface area contributed by atoms with E-state index in [0.29, 0.717) is 18.8 Å². The van der Waals surface area contributed by atoms with Crippen LogP contribution in [0.3, 0.4) is 0 Å². The molecule has 144 valence electrons. The smallest absolute Gasteiger partial charge is 0.319 e. The molecule has 3 amide bonds. The summed E-state index contributed by atoms with van der Waals surface area (Å²) in [6, 6.07) is 7.36. The Kier molecular flexibility index (Phi) is 6.11. The number of thiophene rings is 1. The van der Waals surface area contributed by atoms with E-state index in [9.17, 15) is 14.0 Å². The van der Waals surface area contributed by atoms with Crippen molar-refractivity contribution in [2.24, 2.45) is 5.92 Å². The van der Waals surface area contributed by atoms with Gasteiger partial charge in [0.2, 0.25) is 0 Å². The number of benzene rings is 1. The van der Waals surface area contributed by atoms with Crippen molar-refractivity contribution in [2.75, 3.05) is 25.0 Å². The van der Waals surface area contributed by atoms with Gasteiger partial charge in [-0.2, -0.15) is 0 Å². The average Bonchev–Trinajstić information content (AvgIpc) is 2.98. The molecule has 2 N–H and O–H groups in total. The molecule has 1 fully saturated rings. The zero-order valence-corrected chi connectivity index (χ0v) is 16.4. The van der Waals surface area contributed by atoms with Gasteiger partial charge in [-0.15, -0.1) is 11.3 Å². The first-order chi connectivity index (χ1) is 12.9. The molecule has 0 radical (unpaired) electrons. The van der Waals surface area contributed by atoms with Crippen molar-refractivity contribution in [1.82, 2.24) is 10.2 Å². The fourth-order valence-electron chi connectivity index (χ4n) is 3.41. The summed E-state index contributed by atoms with van der Waals surface area (Å²) in [5.41, 5.74) is 1.20. The summed E-state index contributed by atoms with van der Waals surface area (Å²) in [5.74, 6) is -0.111. The number of amides is 3. The number of hydrogen-bond donors (Lipinski definition) is 2. The molecular weight excluding hydrogens is 365 g/mol. The summed E-state index contributed by atoms with van der Waals surface area (Å²) in [5, 5.41) is 5.45. The predicted molar refractivity (Wildman–Crippen MR) is 106 cm³/mol. The van der Waals surface area contributed by atoms with Gasteiger partial charge in [0.15, 0.2) is 0 Å². The highest BCUT2D eigenvalue weighted by Crippen LogP contribution is 2.24. The van der Waals surface area contributed by atoms with E-state index in [1.54, 1.807) is 23.5 Å². The summed E-state index contributed by atoms with van der Waals surface area (Å²) < 4.78 is 13.2. The van der Waals surface area contributed by atoms with Crippen molar-refractivity contribution in [1.29, 1.82) is 0 Å². The lowest BCUT2D eigenvalue weighted by Crippen LogP contribution is -2.44. The second-order valence-corrected chi connectivity index (χ2v) is 8.39. The van der Waals surface area contributed by atoms with E-state index in [1.165, 1.54) is 12.1 Å². The zero-order chi connectivity index (χ0) is 19.4. The van der Waals surface area contributed by atoms with Crippen molar-refractivity contribution in [3.05, 3.63) is 51.5 Å². The number of hydrogen-bond acceptors (Lipinski definition) is 3. The number of carbonyl (C=O) groups excluding carboxylic acids is 2. The van der Waals surface area contributed by atoms with Gasteiger partial charge >= 0.3 is 6.03 Å². The molecular formula is C20H24FN3O2S. The summed E-state index contributed by atoms with van der Waals surface area (Å²) in [7, 11) is 0. The minimum atomic E-state index is -0.395. The molecule has 1 aromatic heterocycles. The first kappa shape index (κ1) is 19.4. The van der Waals surface area contributed by atoms with Gasteiger partial charge in [0.05, 0.1) is 5.56 Å². The van der Waals surface area contributed by atoms with E-state index in [2.05, 4.69) is 10.6 Å². The maximum atomic E-state index is 13.2. The van der Waals surface area contributed by atoms with E-state index in [-0.39, 0.29) is 17.9 Å². The van der Waals surface area contributed by atoms with Crippen LogP contribution in [0.25, 0.3) is 0 Å². The molecule has 0 spiro atoms. The van der Waals surface area contributed by atoms with Gasteiger partial charge in [0.1, 0.15) is 5.82 Å². The first-order valence-corrected chi connectivity index (χ1v) is 9.91. The standard InChI is InChI=1S/C20H24FN3O2S/c1-13-9-18(14(2)27-13)19(25)24-8-4-5-15(12-24)11-22-20(26)23-17-7-3-6-16(21)10-17/h3,6-7,9-10,15H,4-5,8,11-12H2,1-2H3,(H2,22,23,26). The number of carbonyl (C=O) groups is 2. The third kappa shape index (κ3) is 5.07. The lowest BCUT2D eigenvalue weighted by atomic mass is 9.97. The molecule has 0 aliphatic carbocycles. The molecule has 27 heavy (non-hydrogen) atoms. The highest BCUT2D eigenvalue weighted by atomic mass is 32.1. The number of aryl methyl sites for hydroxylation is 2. The Morgan fingerprint density at radius 2 is 2.11 bits per heavy atom. The van der Waals surface area contributed by atoms with E-state index in [0.717, 1.165) is 34.7 Å². The number of piperidine rings is 1. The van der Waals surface area contributed by atoms with Gasteiger partial charge in [-0.3, -0.25) is 4.79 Å². The molecule has 1 atom stereocenters. The molecule has 7 heteroatoms. The van der Waals surface area contributed by atoms with Crippen molar-refractivity contribution in [2.45, 2.75) is 26.7 Å². The van der Waals surface area contributed by atoms with Crippen LogP contribution in [-0.4, -0.2) is 36.5 Å². The number of anilines is 1. The Hall–Kier alpha value is -2.41. The van der Waals surface area contributed by atoms with E-state index in [4.69, 9.17) is 0 Å². The van der Waals surface area contributed by atoms with Crippen LogP contribution in [0.4, 0.5) is 14.9 Å². The molecule has 2 heterocycles. The maximum Gasteiger partial charge on any atom is 0.319 e. The molecule has 5 nitrogen and oxygen atoms in total. The van der Waals surface area contributed by atoms with Crippen LogP contribution in [0.1, 0.15) is 33.0 Å². The molecule has 1 unspecified atom stereocenters. The fourth-order valence-corrected chi connectivity index (χ4v) is 4.32. The molecule has 1 aromatic carbocycles. The number of likely N-dealkylation sites (tertiary alicyclic amines) is 1. The monoisotopic (exact) mass is 389 g/mol. The normalized spacial score (nSPS) is 16.9. The van der Waals surface area contributed by atoms with Crippen molar-refractivity contribution >= 4 is 29.0 Å². The highest BCUT2D eigenvalue weighted by molar-refractivity contribution is 7.12. The minimum absolute atomic E-state index is 0.0748. The number of nitrogens with zero attached hydrogens (tertiary/aromatic N) is 1. The molecule has 1 aliphatic rings. The SMILES string of the molecule is Cc1cc(C(=O)N2CCCC(CNC(=O)Nc3cccc(F)c3)C2)c(C)s1. The lowest BCUT2D eigenvalue weighted by Gasteiger charge is -2.33. The van der Waals surface area contributed by atoms with Crippen molar-refractivity contribution < 1.29 is 14.0 Å². The van der Waals surface area contributed by atoms with Crippen LogP contribution >= 0.6 is 11.3 Å². The third-order valence-corrected chi connectivity index (χ3v) is 5.68. The number of halogens is 1. The molecule has 0 bridgehead atoms. The number of nitrogens with one attached hydrogen (secondary N) is 2. The summed E-state index contributed by atoms with van der Waals surface area (Å²) in [4.78, 5) is 28.9.